The molecule has 0 radical (unpaired) electrons. The van der Waals surface area contributed by atoms with E-state index in [-0.39, 0.29) is 0 Å². The molecule has 1 aliphatic rings. The van der Waals surface area contributed by atoms with Crippen LogP contribution >= 0.6 is 11.6 Å². The standard InChI is InChI=1S/C11H13ClN4/c12-11-10(8-2-1-4-13-6-8)15-9-3-5-14-7-16(9)11/h3,5,7-8,13H,1-2,4,6H2. The smallest absolute Gasteiger partial charge is 0.140 e. The molecule has 1 saturated heterocycles. The second-order valence-corrected chi connectivity index (χ2v) is 4.50. The fraction of sp³-hybridized carbons (Fsp3) is 0.455. The number of fused-ring (bicyclic) bond motifs is 1. The SMILES string of the molecule is Clc1c(C2CCCNC2)nc2ccncn12. The van der Waals surface area contributed by atoms with Gasteiger partial charge >= 0.3 is 0 Å². The molecule has 0 amide bonds. The van der Waals surface area contributed by atoms with E-state index in [1.165, 1.54) is 6.42 Å². The van der Waals surface area contributed by atoms with Gasteiger partial charge in [0, 0.05) is 18.7 Å². The van der Waals surface area contributed by atoms with Crippen molar-refractivity contribution in [2.24, 2.45) is 0 Å². The van der Waals surface area contributed by atoms with Crippen LogP contribution < -0.4 is 5.32 Å². The molecule has 1 fully saturated rings. The zero-order valence-corrected chi connectivity index (χ0v) is 9.61. The number of aromatic nitrogens is 3. The van der Waals surface area contributed by atoms with E-state index in [4.69, 9.17) is 11.6 Å². The second kappa shape index (κ2) is 4.03. The van der Waals surface area contributed by atoms with Gasteiger partial charge in [0.25, 0.3) is 0 Å². The van der Waals surface area contributed by atoms with Crippen LogP contribution in [0.15, 0.2) is 18.6 Å². The summed E-state index contributed by atoms with van der Waals surface area (Å²) in [6, 6.07) is 1.88. The van der Waals surface area contributed by atoms with Crippen molar-refractivity contribution in [3.8, 4) is 0 Å². The fourth-order valence-corrected chi connectivity index (χ4v) is 2.56. The molecule has 2 aromatic rings. The van der Waals surface area contributed by atoms with Crippen LogP contribution in [0.3, 0.4) is 0 Å². The van der Waals surface area contributed by atoms with Crippen molar-refractivity contribution in [2.45, 2.75) is 18.8 Å². The van der Waals surface area contributed by atoms with E-state index < -0.39 is 0 Å². The van der Waals surface area contributed by atoms with Crippen molar-refractivity contribution in [1.82, 2.24) is 19.7 Å². The lowest BCUT2D eigenvalue weighted by atomic mass is 9.97. The summed E-state index contributed by atoms with van der Waals surface area (Å²) >= 11 is 6.32. The fourth-order valence-electron chi connectivity index (χ4n) is 2.23. The second-order valence-electron chi connectivity index (χ2n) is 4.14. The van der Waals surface area contributed by atoms with Crippen molar-refractivity contribution in [1.29, 1.82) is 0 Å². The Labute approximate surface area is 98.7 Å². The molecule has 1 N–H and O–H groups in total. The molecular formula is C11H13ClN4. The molecule has 0 aromatic carbocycles. The van der Waals surface area contributed by atoms with Crippen molar-refractivity contribution in [2.75, 3.05) is 13.1 Å². The van der Waals surface area contributed by atoms with Crippen LogP contribution in [0.1, 0.15) is 24.5 Å². The zero-order valence-electron chi connectivity index (χ0n) is 8.86. The monoisotopic (exact) mass is 236 g/mol. The molecule has 2 aromatic heterocycles. The maximum Gasteiger partial charge on any atom is 0.140 e. The lowest BCUT2D eigenvalue weighted by Crippen LogP contribution is -2.28. The van der Waals surface area contributed by atoms with Crippen LogP contribution in [0.2, 0.25) is 5.15 Å². The molecule has 4 nitrogen and oxygen atoms in total. The first kappa shape index (κ1) is 10.1. The molecule has 0 aliphatic carbocycles. The lowest BCUT2D eigenvalue weighted by molar-refractivity contribution is 0.456. The van der Waals surface area contributed by atoms with Gasteiger partial charge in [-0.05, 0) is 25.5 Å². The quantitative estimate of drug-likeness (QED) is 0.822. The number of imidazole rings is 1. The van der Waals surface area contributed by atoms with Crippen LogP contribution in [-0.2, 0) is 0 Å². The first-order chi connectivity index (χ1) is 7.86. The van der Waals surface area contributed by atoms with Gasteiger partial charge in [-0.1, -0.05) is 11.6 Å². The number of hydrogen-bond acceptors (Lipinski definition) is 3. The molecule has 5 heteroatoms. The van der Waals surface area contributed by atoms with E-state index in [2.05, 4.69) is 15.3 Å². The Kier molecular flexibility index (Phi) is 2.53. The lowest BCUT2D eigenvalue weighted by Gasteiger charge is -2.21. The molecular weight excluding hydrogens is 224 g/mol. The number of hydrogen-bond donors (Lipinski definition) is 1. The van der Waals surface area contributed by atoms with Gasteiger partial charge in [-0.15, -0.1) is 0 Å². The summed E-state index contributed by atoms with van der Waals surface area (Å²) in [5, 5.41) is 4.09. The minimum absolute atomic E-state index is 0.432. The summed E-state index contributed by atoms with van der Waals surface area (Å²) in [6.45, 7) is 2.07. The van der Waals surface area contributed by atoms with E-state index in [0.717, 1.165) is 30.9 Å². The Morgan fingerprint density at radius 1 is 1.50 bits per heavy atom. The summed E-state index contributed by atoms with van der Waals surface area (Å²) in [6.07, 6.45) is 5.79. The van der Waals surface area contributed by atoms with Crippen LogP contribution in [0, 0.1) is 0 Å². The summed E-state index contributed by atoms with van der Waals surface area (Å²) < 4.78 is 1.84. The summed E-state index contributed by atoms with van der Waals surface area (Å²) in [4.78, 5) is 8.64. The van der Waals surface area contributed by atoms with Gasteiger partial charge in [0.05, 0.1) is 5.69 Å². The average molecular weight is 237 g/mol. The van der Waals surface area contributed by atoms with Crippen molar-refractivity contribution < 1.29 is 0 Å². The maximum atomic E-state index is 6.32. The number of rotatable bonds is 1. The van der Waals surface area contributed by atoms with E-state index in [1.54, 1.807) is 12.5 Å². The van der Waals surface area contributed by atoms with Gasteiger partial charge in [-0.3, -0.25) is 4.40 Å². The highest BCUT2D eigenvalue weighted by molar-refractivity contribution is 6.30. The molecule has 84 valence electrons. The molecule has 16 heavy (non-hydrogen) atoms. The Morgan fingerprint density at radius 2 is 2.44 bits per heavy atom. The van der Waals surface area contributed by atoms with Crippen LogP contribution in [-0.4, -0.2) is 27.5 Å². The Bertz CT molecular complexity index is 502. The zero-order chi connectivity index (χ0) is 11.0. The third-order valence-electron chi connectivity index (χ3n) is 3.08. The van der Waals surface area contributed by atoms with E-state index >= 15 is 0 Å². The van der Waals surface area contributed by atoms with Crippen LogP contribution in [0.5, 0.6) is 0 Å². The Hall–Kier alpha value is -1.13. The predicted molar refractivity (Wildman–Crippen MR) is 62.8 cm³/mol. The normalized spacial score (nSPS) is 21.4. The molecule has 0 spiro atoms. The van der Waals surface area contributed by atoms with Crippen LogP contribution in [0.4, 0.5) is 0 Å². The van der Waals surface area contributed by atoms with Crippen molar-refractivity contribution >= 4 is 17.2 Å². The van der Waals surface area contributed by atoms with Gasteiger partial charge in [-0.2, -0.15) is 0 Å². The molecule has 3 heterocycles. The van der Waals surface area contributed by atoms with Gasteiger partial charge in [0.15, 0.2) is 0 Å². The molecule has 1 unspecified atom stereocenters. The van der Waals surface area contributed by atoms with Crippen molar-refractivity contribution in [3.05, 3.63) is 29.4 Å². The molecule has 0 bridgehead atoms. The largest absolute Gasteiger partial charge is 0.316 e. The molecule has 1 atom stereocenters. The highest BCUT2D eigenvalue weighted by atomic mass is 35.5. The summed E-state index contributed by atoms with van der Waals surface area (Å²) in [5.41, 5.74) is 1.88. The van der Waals surface area contributed by atoms with E-state index in [9.17, 15) is 0 Å². The van der Waals surface area contributed by atoms with E-state index in [0.29, 0.717) is 11.1 Å². The average Bonchev–Trinajstić information content (AvgIpc) is 2.69. The third kappa shape index (κ3) is 1.58. The van der Waals surface area contributed by atoms with Gasteiger partial charge in [-0.25, -0.2) is 9.97 Å². The molecule has 3 rings (SSSR count). The van der Waals surface area contributed by atoms with Crippen molar-refractivity contribution in [3.63, 3.8) is 0 Å². The Morgan fingerprint density at radius 3 is 3.19 bits per heavy atom. The Balaban J connectivity index is 2.05. The highest BCUT2D eigenvalue weighted by Gasteiger charge is 2.21. The maximum absolute atomic E-state index is 6.32. The predicted octanol–water partition coefficient (Wildman–Crippen LogP) is 1.85. The van der Waals surface area contributed by atoms with Gasteiger partial charge in [0.2, 0.25) is 0 Å². The third-order valence-corrected chi connectivity index (χ3v) is 3.46. The number of nitrogens with one attached hydrogen (secondary N) is 1. The number of halogens is 1. The van der Waals surface area contributed by atoms with E-state index in [1.807, 2.05) is 10.5 Å². The topological polar surface area (TPSA) is 42.2 Å². The minimum atomic E-state index is 0.432. The highest BCUT2D eigenvalue weighted by Crippen LogP contribution is 2.29. The molecule has 0 saturated carbocycles. The number of nitrogens with zero attached hydrogens (tertiary/aromatic N) is 3. The first-order valence-corrected chi connectivity index (χ1v) is 5.92. The van der Waals surface area contributed by atoms with Gasteiger partial charge in [0.1, 0.15) is 17.1 Å². The first-order valence-electron chi connectivity index (χ1n) is 5.54. The summed E-state index contributed by atoms with van der Waals surface area (Å²) in [5.74, 6) is 0.432. The summed E-state index contributed by atoms with van der Waals surface area (Å²) in [7, 11) is 0. The minimum Gasteiger partial charge on any atom is -0.316 e. The molecule has 1 aliphatic heterocycles. The van der Waals surface area contributed by atoms with Gasteiger partial charge < -0.3 is 5.32 Å². The number of piperidine rings is 1. The van der Waals surface area contributed by atoms with Crippen LogP contribution in [0.25, 0.3) is 5.65 Å².